The molecule has 1 fully saturated rings. The van der Waals surface area contributed by atoms with Crippen molar-refractivity contribution in [2.24, 2.45) is 0 Å². The van der Waals surface area contributed by atoms with Crippen LogP contribution in [0.2, 0.25) is 0 Å². The molecule has 0 radical (unpaired) electrons. The van der Waals surface area contributed by atoms with Gasteiger partial charge in [-0.05, 0) is 23.3 Å². The van der Waals surface area contributed by atoms with Crippen molar-refractivity contribution in [2.75, 3.05) is 13.2 Å². The number of urea groups is 1. The lowest BCUT2D eigenvalue weighted by Crippen LogP contribution is -2.46. The van der Waals surface area contributed by atoms with Crippen molar-refractivity contribution in [3.63, 3.8) is 0 Å². The van der Waals surface area contributed by atoms with Gasteiger partial charge in [-0.3, -0.25) is 24.9 Å². The first kappa shape index (κ1) is 24.2. The number of carbonyl (C=O) groups is 3. The van der Waals surface area contributed by atoms with E-state index in [1.807, 2.05) is 0 Å². The average molecular weight is 511 g/mol. The topological polar surface area (TPSA) is 114 Å². The van der Waals surface area contributed by atoms with Crippen LogP contribution < -0.4 is 15.4 Å². The fraction of sp³-hybridized carbons (Fsp3) is 0.240. The smallest absolute Gasteiger partial charge is 0.422 e. The fourth-order valence-electron chi connectivity index (χ4n) is 4.47. The molecule has 3 aromatic rings. The van der Waals surface area contributed by atoms with E-state index in [0.29, 0.717) is 16.8 Å². The summed E-state index contributed by atoms with van der Waals surface area (Å²) in [5.74, 6) is -1.00. The average Bonchev–Trinajstić information content (AvgIpc) is 3.36. The SMILES string of the molecule is O=C1NC(=O)[C@](CCN2Cc3ccc(OCC(F)(F)F)cc3C2=O)(c2ccc(-c3cnccn3)cc2)N1. The molecule has 3 heterocycles. The van der Waals surface area contributed by atoms with Crippen molar-refractivity contribution in [1.82, 2.24) is 25.5 Å². The van der Waals surface area contributed by atoms with Crippen molar-refractivity contribution in [3.8, 4) is 17.0 Å². The highest BCUT2D eigenvalue weighted by atomic mass is 19.4. The molecular weight excluding hydrogens is 491 g/mol. The summed E-state index contributed by atoms with van der Waals surface area (Å²) in [7, 11) is 0. The third-order valence-corrected chi connectivity index (χ3v) is 6.30. The monoisotopic (exact) mass is 511 g/mol. The molecule has 0 aliphatic carbocycles. The van der Waals surface area contributed by atoms with Gasteiger partial charge in [-0.15, -0.1) is 0 Å². The van der Waals surface area contributed by atoms with Gasteiger partial charge in [-0.2, -0.15) is 13.2 Å². The molecule has 0 unspecified atom stereocenters. The van der Waals surface area contributed by atoms with Gasteiger partial charge >= 0.3 is 12.2 Å². The molecule has 2 aliphatic rings. The van der Waals surface area contributed by atoms with E-state index < -0.39 is 36.2 Å². The number of nitrogens with zero attached hydrogens (tertiary/aromatic N) is 3. The summed E-state index contributed by atoms with van der Waals surface area (Å²) in [6.07, 6.45) is 0.297. The van der Waals surface area contributed by atoms with E-state index in [1.54, 1.807) is 48.9 Å². The van der Waals surface area contributed by atoms with Crippen molar-refractivity contribution in [2.45, 2.75) is 24.7 Å². The van der Waals surface area contributed by atoms with Crippen molar-refractivity contribution >= 4 is 17.8 Å². The van der Waals surface area contributed by atoms with Crippen LogP contribution in [0.5, 0.6) is 5.75 Å². The van der Waals surface area contributed by atoms with Gasteiger partial charge in [0.15, 0.2) is 6.61 Å². The Morgan fingerprint density at radius 3 is 2.49 bits per heavy atom. The predicted octanol–water partition coefficient (Wildman–Crippen LogP) is 3.17. The second-order valence-corrected chi connectivity index (χ2v) is 8.68. The molecule has 1 atom stereocenters. The summed E-state index contributed by atoms with van der Waals surface area (Å²) in [4.78, 5) is 47.8. The summed E-state index contributed by atoms with van der Waals surface area (Å²) in [6.45, 7) is -1.15. The van der Waals surface area contributed by atoms with Crippen LogP contribution >= 0.6 is 0 Å². The molecule has 190 valence electrons. The zero-order valence-corrected chi connectivity index (χ0v) is 19.2. The van der Waals surface area contributed by atoms with Gasteiger partial charge in [0.25, 0.3) is 11.8 Å². The largest absolute Gasteiger partial charge is 0.484 e. The number of imide groups is 1. The van der Waals surface area contributed by atoms with Gasteiger partial charge in [0.1, 0.15) is 11.3 Å². The maximum absolute atomic E-state index is 13.0. The number of rotatable bonds is 7. The number of amides is 4. The van der Waals surface area contributed by atoms with Crippen LogP contribution in [-0.2, 0) is 16.9 Å². The summed E-state index contributed by atoms with van der Waals surface area (Å²) in [5.41, 5.74) is 1.39. The molecule has 2 aliphatic heterocycles. The molecular formula is C25H20F3N5O4. The number of ether oxygens (including phenoxy) is 1. The van der Waals surface area contributed by atoms with Crippen LogP contribution in [0.3, 0.4) is 0 Å². The van der Waals surface area contributed by atoms with Crippen molar-refractivity contribution < 1.29 is 32.3 Å². The van der Waals surface area contributed by atoms with Gasteiger partial charge in [-0.25, -0.2) is 4.79 Å². The molecule has 0 bridgehead atoms. The predicted molar refractivity (Wildman–Crippen MR) is 123 cm³/mol. The standard InChI is InChI=1S/C25H20F3N5O4/c26-25(27,28)14-37-18-6-3-16-13-33(21(34)19(16)11-18)10-7-24(22(35)31-23(36)32-24)17-4-1-15(2-5-17)20-12-29-8-9-30-20/h1-6,8-9,11-12H,7,10,13-14H2,(H2,31,32,35,36)/t24-/m0/s1. The lowest BCUT2D eigenvalue weighted by Gasteiger charge is -2.29. The Kier molecular flexibility index (Phi) is 6.02. The maximum Gasteiger partial charge on any atom is 0.422 e. The highest BCUT2D eigenvalue weighted by molar-refractivity contribution is 6.07. The molecule has 0 saturated carbocycles. The normalized spacial score (nSPS) is 19.0. The Balaban J connectivity index is 1.34. The molecule has 5 rings (SSSR count). The third kappa shape index (κ3) is 4.82. The van der Waals surface area contributed by atoms with Crippen LogP contribution in [0, 0.1) is 0 Å². The van der Waals surface area contributed by atoms with E-state index in [-0.39, 0.29) is 30.8 Å². The van der Waals surface area contributed by atoms with Crippen LogP contribution in [0.1, 0.15) is 27.9 Å². The first-order valence-electron chi connectivity index (χ1n) is 11.3. The van der Waals surface area contributed by atoms with E-state index in [9.17, 15) is 27.6 Å². The van der Waals surface area contributed by atoms with E-state index in [1.165, 1.54) is 17.0 Å². The highest BCUT2D eigenvalue weighted by Crippen LogP contribution is 2.33. The minimum absolute atomic E-state index is 0.0617. The zero-order valence-electron chi connectivity index (χ0n) is 19.2. The van der Waals surface area contributed by atoms with Gasteiger partial charge in [0, 0.05) is 43.0 Å². The molecule has 37 heavy (non-hydrogen) atoms. The first-order valence-corrected chi connectivity index (χ1v) is 11.3. The fourth-order valence-corrected chi connectivity index (χ4v) is 4.47. The number of aromatic nitrogens is 2. The maximum atomic E-state index is 13.0. The van der Waals surface area contributed by atoms with Crippen molar-refractivity contribution in [1.29, 1.82) is 0 Å². The van der Waals surface area contributed by atoms with E-state index in [0.717, 1.165) is 5.56 Å². The summed E-state index contributed by atoms with van der Waals surface area (Å²) in [6, 6.07) is 10.5. The number of carbonyl (C=O) groups excluding carboxylic acids is 3. The lowest BCUT2D eigenvalue weighted by atomic mass is 9.85. The number of hydrogen-bond acceptors (Lipinski definition) is 6. The summed E-state index contributed by atoms with van der Waals surface area (Å²) in [5, 5.41) is 4.97. The Morgan fingerprint density at radius 2 is 1.84 bits per heavy atom. The van der Waals surface area contributed by atoms with Crippen LogP contribution in [-0.4, -0.2) is 52.0 Å². The molecule has 0 spiro atoms. The second-order valence-electron chi connectivity index (χ2n) is 8.68. The third-order valence-electron chi connectivity index (χ3n) is 6.30. The van der Waals surface area contributed by atoms with E-state index in [4.69, 9.17) is 4.74 Å². The minimum atomic E-state index is -4.50. The van der Waals surface area contributed by atoms with E-state index >= 15 is 0 Å². The number of hydrogen-bond donors (Lipinski definition) is 2. The number of nitrogens with one attached hydrogen (secondary N) is 2. The quantitative estimate of drug-likeness (QED) is 0.471. The molecule has 12 heteroatoms. The number of alkyl halides is 3. The molecule has 2 aromatic carbocycles. The van der Waals surface area contributed by atoms with Crippen LogP contribution in [0.25, 0.3) is 11.3 Å². The van der Waals surface area contributed by atoms with Gasteiger partial charge in [0.05, 0.1) is 11.9 Å². The first-order chi connectivity index (χ1) is 17.6. The van der Waals surface area contributed by atoms with Gasteiger partial charge in [-0.1, -0.05) is 30.3 Å². The highest BCUT2D eigenvalue weighted by Gasteiger charge is 2.48. The Hall–Kier alpha value is -4.48. The van der Waals surface area contributed by atoms with Crippen LogP contribution in [0.4, 0.5) is 18.0 Å². The second kappa shape index (κ2) is 9.19. The molecule has 2 N–H and O–H groups in total. The Morgan fingerprint density at radius 1 is 1.05 bits per heavy atom. The Bertz CT molecular complexity index is 1360. The van der Waals surface area contributed by atoms with Crippen LogP contribution in [0.15, 0.2) is 61.1 Å². The summed E-state index contributed by atoms with van der Waals surface area (Å²) >= 11 is 0. The molecule has 4 amide bonds. The number of benzene rings is 2. The zero-order chi connectivity index (χ0) is 26.2. The molecule has 9 nitrogen and oxygen atoms in total. The van der Waals surface area contributed by atoms with Gasteiger partial charge in [0.2, 0.25) is 0 Å². The lowest BCUT2D eigenvalue weighted by molar-refractivity contribution is -0.153. The molecule has 1 saturated heterocycles. The Labute approximate surface area is 208 Å². The number of halogens is 3. The minimum Gasteiger partial charge on any atom is -0.484 e. The van der Waals surface area contributed by atoms with E-state index in [2.05, 4.69) is 20.6 Å². The van der Waals surface area contributed by atoms with Gasteiger partial charge < -0.3 is 15.0 Å². The van der Waals surface area contributed by atoms with Crippen molar-refractivity contribution in [3.05, 3.63) is 77.7 Å². The molecule has 1 aromatic heterocycles. The number of fused-ring (bicyclic) bond motifs is 1. The summed E-state index contributed by atoms with van der Waals surface area (Å²) < 4.78 is 42.2.